The van der Waals surface area contributed by atoms with Crippen LogP contribution in [-0.2, 0) is 10.0 Å². The van der Waals surface area contributed by atoms with Crippen LogP contribution in [0.5, 0.6) is 5.75 Å². The fourth-order valence-corrected chi connectivity index (χ4v) is 3.66. The first kappa shape index (κ1) is 17.0. The van der Waals surface area contributed by atoms with Crippen molar-refractivity contribution in [2.24, 2.45) is 0 Å². The van der Waals surface area contributed by atoms with Gasteiger partial charge in [-0.15, -0.1) is 13.2 Å². The molecule has 1 aliphatic carbocycles. The minimum Gasteiger partial charge on any atom is -0.406 e. The van der Waals surface area contributed by atoms with E-state index in [0.29, 0.717) is 25.7 Å². The lowest BCUT2D eigenvalue weighted by molar-refractivity contribution is -0.274. The van der Waals surface area contributed by atoms with Crippen LogP contribution in [0.4, 0.5) is 13.2 Å². The third-order valence-corrected chi connectivity index (χ3v) is 4.87. The smallest absolute Gasteiger partial charge is 0.406 e. The van der Waals surface area contributed by atoms with Gasteiger partial charge in [-0.1, -0.05) is 0 Å². The van der Waals surface area contributed by atoms with Gasteiger partial charge in [0.1, 0.15) is 5.75 Å². The Labute approximate surface area is 126 Å². The lowest BCUT2D eigenvalue weighted by Crippen LogP contribution is -2.39. The van der Waals surface area contributed by atoms with E-state index in [2.05, 4.69) is 9.46 Å². The number of rotatable bonds is 4. The Balaban J connectivity index is 2.06. The minimum absolute atomic E-state index is 0.151. The first-order valence-corrected chi connectivity index (χ1v) is 8.20. The van der Waals surface area contributed by atoms with Gasteiger partial charge < -0.3 is 9.84 Å². The molecule has 1 aromatic rings. The number of hydrogen-bond donors (Lipinski definition) is 2. The van der Waals surface area contributed by atoms with E-state index < -0.39 is 28.2 Å². The first-order valence-electron chi connectivity index (χ1n) is 6.72. The van der Waals surface area contributed by atoms with Crippen LogP contribution in [0.15, 0.2) is 29.2 Å². The predicted octanol–water partition coefficient (Wildman–Crippen LogP) is 2.17. The highest BCUT2D eigenvalue weighted by Gasteiger charge is 2.31. The molecular formula is C13H16F3NO4S. The van der Waals surface area contributed by atoms with E-state index in [1.807, 2.05) is 0 Å². The molecule has 124 valence electrons. The van der Waals surface area contributed by atoms with Gasteiger partial charge in [0, 0.05) is 6.04 Å². The number of nitrogens with one attached hydrogen (secondary N) is 1. The molecule has 2 rings (SSSR count). The second-order valence-corrected chi connectivity index (χ2v) is 6.87. The Morgan fingerprint density at radius 1 is 1.18 bits per heavy atom. The van der Waals surface area contributed by atoms with E-state index in [-0.39, 0.29) is 10.9 Å². The summed E-state index contributed by atoms with van der Waals surface area (Å²) in [6.45, 7) is 0. The van der Waals surface area contributed by atoms with Gasteiger partial charge in [0.15, 0.2) is 0 Å². The van der Waals surface area contributed by atoms with Gasteiger partial charge >= 0.3 is 6.36 Å². The van der Waals surface area contributed by atoms with E-state index in [4.69, 9.17) is 0 Å². The van der Waals surface area contributed by atoms with Crippen LogP contribution < -0.4 is 9.46 Å². The fourth-order valence-electron chi connectivity index (χ4n) is 2.38. The van der Waals surface area contributed by atoms with Crippen molar-refractivity contribution >= 4 is 10.0 Å². The molecule has 0 amide bonds. The molecule has 0 aliphatic heterocycles. The first-order chi connectivity index (χ1) is 10.2. The van der Waals surface area contributed by atoms with Crippen molar-refractivity contribution in [1.82, 2.24) is 4.72 Å². The molecule has 1 fully saturated rings. The summed E-state index contributed by atoms with van der Waals surface area (Å²) in [5.41, 5.74) is 0. The summed E-state index contributed by atoms with van der Waals surface area (Å²) in [4.78, 5) is -0.151. The van der Waals surface area contributed by atoms with Gasteiger partial charge in [0.05, 0.1) is 11.0 Å². The van der Waals surface area contributed by atoms with Gasteiger partial charge in [0.25, 0.3) is 0 Å². The summed E-state index contributed by atoms with van der Waals surface area (Å²) in [5, 5.41) is 9.53. The molecule has 2 atom stereocenters. The minimum atomic E-state index is -4.82. The maximum Gasteiger partial charge on any atom is 0.573 e. The molecular weight excluding hydrogens is 323 g/mol. The Morgan fingerprint density at radius 2 is 1.82 bits per heavy atom. The average Bonchev–Trinajstić information content (AvgIpc) is 2.36. The molecule has 1 saturated carbocycles. The highest BCUT2D eigenvalue weighted by atomic mass is 32.2. The number of aliphatic hydroxyl groups excluding tert-OH is 1. The van der Waals surface area contributed by atoms with Crippen molar-refractivity contribution in [3.05, 3.63) is 24.3 Å². The Morgan fingerprint density at radius 3 is 2.36 bits per heavy atom. The molecule has 1 aromatic carbocycles. The van der Waals surface area contributed by atoms with Crippen molar-refractivity contribution < 1.29 is 31.4 Å². The normalized spacial score (nSPS) is 23.3. The molecule has 22 heavy (non-hydrogen) atoms. The second-order valence-electron chi connectivity index (χ2n) is 5.16. The number of alkyl halides is 3. The van der Waals surface area contributed by atoms with Crippen molar-refractivity contribution in [1.29, 1.82) is 0 Å². The van der Waals surface area contributed by atoms with Crippen molar-refractivity contribution in [3.8, 4) is 5.75 Å². The molecule has 0 unspecified atom stereocenters. The Bertz CT molecular complexity index is 601. The van der Waals surface area contributed by atoms with Gasteiger partial charge in [-0.2, -0.15) is 0 Å². The summed E-state index contributed by atoms with van der Waals surface area (Å²) in [7, 11) is -3.84. The van der Waals surface area contributed by atoms with Crippen molar-refractivity contribution in [3.63, 3.8) is 0 Å². The zero-order chi connectivity index (χ0) is 16.4. The Hall–Kier alpha value is -1.32. The summed E-state index contributed by atoms with van der Waals surface area (Å²) >= 11 is 0. The van der Waals surface area contributed by atoms with E-state index in [1.54, 1.807) is 0 Å². The molecule has 0 radical (unpaired) electrons. The second kappa shape index (κ2) is 6.43. The molecule has 0 saturated heterocycles. The standard InChI is InChI=1S/C13H16F3NO4S/c14-13(15,16)21-11-4-6-12(7-5-11)22(19,20)17-9-2-1-3-10(18)8-9/h4-7,9-10,17-18H,1-3,8H2/t9-,10+/m0/s1. The van der Waals surface area contributed by atoms with Gasteiger partial charge in [-0.05, 0) is 49.9 Å². The van der Waals surface area contributed by atoms with E-state index in [0.717, 1.165) is 24.3 Å². The number of ether oxygens (including phenoxy) is 1. The van der Waals surface area contributed by atoms with Crippen LogP contribution in [0.25, 0.3) is 0 Å². The SMILES string of the molecule is O=S(=O)(N[C@H]1CCC[C@@H](O)C1)c1ccc(OC(F)(F)F)cc1. The number of sulfonamides is 1. The molecule has 9 heteroatoms. The van der Waals surface area contributed by atoms with Gasteiger partial charge in [-0.25, -0.2) is 13.1 Å². The van der Waals surface area contributed by atoms with Crippen LogP contribution >= 0.6 is 0 Å². The van der Waals surface area contributed by atoms with Crippen molar-refractivity contribution in [2.75, 3.05) is 0 Å². The molecule has 1 aliphatic rings. The molecule has 0 heterocycles. The Kier molecular flexibility index (Phi) is 4.98. The average molecular weight is 339 g/mol. The van der Waals surface area contributed by atoms with Crippen LogP contribution in [0.2, 0.25) is 0 Å². The lowest BCUT2D eigenvalue weighted by atomic mass is 9.94. The largest absolute Gasteiger partial charge is 0.573 e. The molecule has 2 N–H and O–H groups in total. The van der Waals surface area contributed by atoms with Gasteiger partial charge in [0.2, 0.25) is 10.0 Å². The fraction of sp³-hybridized carbons (Fsp3) is 0.538. The van der Waals surface area contributed by atoms with Crippen LogP contribution in [0.1, 0.15) is 25.7 Å². The summed E-state index contributed by atoms with van der Waals surface area (Å²) in [6.07, 6.45) is -3.06. The third-order valence-electron chi connectivity index (χ3n) is 3.34. The number of benzene rings is 1. The highest BCUT2D eigenvalue weighted by molar-refractivity contribution is 7.89. The van der Waals surface area contributed by atoms with E-state index in [1.165, 1.54) is 0 Å². The van der Waals surface area contributed by atoms with E-state index >= 15 is 0 Å². The van der Waals surface area contributed by atoms with Gasteiger partial charge in [-0.3, -0.25) is 0 Å². The van der Waals surface area contributed by atoms with Crippen LogP contribution in [0, 0.1) is 0 Å². The molecule has 0 aromatic heterocycles. The number of halogens is 3. The summed E-state index contributed by atoms with van der Waals surface area (Å²) in [6, 6.07) is 3.60. The quantitative estimate of drug-likeness (QED) is 0.881. The molecule has 0 spiro atoms. The summed E-state index contributed by atoms with van der Waals surface area (Å²) < 4.78 is 66.6. The topological polar surface area (TPSA) is 75.6 Å². The zero-order valence-electron chi connectivity index (χ0n) is 11.5. The predicted molar refractivity (Wildman–Crippen MR) is 71.7 cm³/mol. The number of hydrogen-bond acceptors (Lipinski definition) is 4. The van der Waals surface area contributed by atoms with E-state index in [9.17, 15) is 26.7 Å². The lowest BCUT2D eigenvalue weighted by Gasteiger charge is -2.26. The maximum absolute atomic E-state index is 12.1. The van der Waals surface area contributed by atoms with Crippen LogP contribution in [0.3, 0.4) is 0 Å². The third kappa shape index (κ3) is 4.85. The maximum atomic E-state index is 12.1. The molecule has 0 bridgehead atoms. The number of aliphatic hydroxyl groups is 1. The summed E-state index contributed by atoms with van der Waals surface area (Å²) in [5.74, 6) is -0.487. The molecule has 5 nitrogen and oxygen atoms in total. The zero-order valence-corrected chi connectivity index (χ0v) is 12.3. The highest BCUT2D eigenvalue weighted by Crippen LogP contribution is 2.25. The van der Waals surface area contributed by atoms with Crippen LogP contribution in [-0.4, -0.2) is 32.0 Å². The van der Waals surface area contributed by atoms with Crippen molar-refractivity contribution in [2.45, 2.75) is 49.1 Å². The monoisotopic (exact) mass is 339 g/mol.